The fraction of sp³-hybridized carbons (Fsp3) is 0.135. The molecule has 0 spiro atoms. The van der Waals surface area contributed by atoms with Crippen molar-refractivity contribution in [1.82, 2.24) is 0 Å². The van der Waals surface area contributed by atoms with Gasteiger partial charge in [-0.1, -0.05) is 141 Å². The molecule has 0 aliphatic rings. The topological polar surface area (TPSA) is 0 Å². The van der Waals surface area contributed by atoms with Gasteiger partial charge in [0.2, 0.25) is 0 Å². The Kier molecular flexibility index (Phi) is 6.90. The average molecular weight is 513 g/mol. The largest absolute Gasteiger partial charge is 0.183 e. The van der Waals surface area contributed by atoms with E-state index in [-0.39, 0.29) is 5.41 Å². The van der Waals surface area contributed by atoms with Crippen molar-refractivity contribution in [2.45, 2.75) is 36.3 Å². The molecule has 0 heterocycles. The van der Waals surface area contributed by atoms with Crippen LogP contribution in [0.25, 0.3) is 23.9 Å². The van der Waals surface area contributed by atoms with Crippen LogP contribution in [0.2, 0.25) is 0 Å². The summed E-state index contributed by atoms with van der Waals surface area (Å²) in [4.78, 5) is 1.20. The Balaban J connectivity index is 1.57. The zero-order valence-electron chi connectivity index (χ0n) is 22.5. The molecule has 0 saturated carbocycles. The van der Waals surface area contributed by atoms with Crippen molar-refractivity contribution in [3.8, 4) is 0 Å². The predicted octanol–water partition coefficient (Wildman–Crippen LogP) is 7.94. The van der Waals surface area contributed by atoms with Crippen molar-refractivity contribution in [1.29, 1.82) is 0 Å². The molecule has 0 bridgehead atoms. The highest BCUT2D eigenvalue weighted by molar-refractivity contribution is 8.27. The monoisotopic (exact) mass is 512 g/mol. The van der Waals surface area contributed by atoms with Gasteiger partial charge in [-0.2, -0.15) is 9.21 Å². The molecule has 0 aliphatic heterocycles. The van der Waals surface area contributed by atoms with Crippen LogP contribution in [0.3, 0.4) is 0 Å². The molecule has 0 saturated heterocycles. The van der Waals surface area contributed by atoms with E-state index >= 15 is 0 Å². The van der Waals surface area contributed by atoms with Crippen LogP contribution >= 0.6 is 9.21 Å². The summed E-state index contributed by atoms with van der Waals surface area (Å²) in [6, 6.07) is 39.7. The molecule has 0 nitrogen and oxygen atoms in total. The molecule has 0 fully saturated rings. The summed E-state index contributed by atoms with van der Waals surface area (Å²) in [6.07, 6.45) is 0.967. The standard InChI is InChI=1S/C37H36S/c1-7-37(31-13-9-8-10-14-31,32-21-17-27(2)18-22-32)33-23-19-30(20-24-33)26-38(5,6)36-25-28(3)29(4)34-15-11-12-16-35(34)36/h8-25H,3-7,26H2,1-2H3. The van der Waals surface area contributed by atoms with Gasteiger partial charge in [-0.25, -0.2) is 0 Å². The third-order valence-corrected chi connectivity index (χ3v) is 10.1. The molecule has 1 unspecified atom stereocenters. The van der Waals surface area contributed by atoms with Gasteiger partial charge in [0.05, 0.1) is 0 Å². The summed E-state index contributed by atoms with van der Waals surface area (Å²) >= 11 is 0. The van der Waals surface area contributed by atoms with Crippen LogP contribution in [-0.2, 0) is 11.2 Å². The van der Waals surface area contributed by atoms with Crippen LogP contribution in [-0.4, -0.2) is 11.7 Å². The minimum atomic E-state index is -1.61. The van der Waals surface area contributed by atoms with Gasteiger partial charge in [-0.3, -0.25) is 0 Å². The first-order chi connectivity index (χ1) is 18.3. The highest BCUT2D eigenvalue weighted by Crippen LogP contribution is 2.43. The van der Waals surface area contributed by atoms with Crippen molar-refractivity contribution in [3.05, 3.63) is 147 Å². The Morgan fingerprint density at radius 3 is 1.79 bits per heavy atom. The Labute approximate surface area is 228 Å². The summed E-state index contributed by atoms with van der Waals surface area (Å²) < 4.78 is 0. The third kappa shape index (κ3) is 4.52. The zero-order valence-corrected chi connectivity index (χ0v) is 23.4. The van der Waals surface area contributed by atoms with E-state index in [0.717, 1.165) is 28.0 Å². The van der Waals surface area contributed by atoms with Crippen LogP contribution in [0.15, 0.2) is 114 Å². The molecule has 0 aliphatic carbocycles. The first kappa shape index (κ1) is 25.8. The second-order valence-corrected chi connectivity index (χ2v) is 13.3. The van der Waals surface area contributed by atoms with Crippen LogP contribution < -0.4 is 10.4 Å². The molecule has 0 radical (unpaired) electrons. The summed E-state index contributed by atoms with van der Waals surface area (Å²) in [5, 5.41) is 4.27. The number of benzene rings is 5. The lowest BCUT2D eigenvalue weighted by molar-refractivity contribution is 0.593. The van der Waals surface area contributed by atoms with Crippen LogP contribution in [0, 0.1) is 6.92 Å². The molecule has 0 N–H and O–H groups in total. The lowest BCUT2D eigenvalue weighted by Gasteiger charge is -2.35. The molecule has 1 atom stereocenters. The number of fused-ring (bicyclic) bond motifs is 1. The van der Waals surface area contributed by atoms with Crippen molar-refractivity contribution >= 4 is 44.9 Å². The molecule has 0 amide bonds. The van der Waals surface area contributed by atoms with E-state index in [1.165, 1.54) is 38.1 Å². The Morgan fingerprint density at radius 2 is 1.18 bits per heavy atom. The van der Waals surface area contributed by atoms with Crippen molar-refractivity contribution in [3.63, 3.8) is 0 Å². The quantitative estimate of drug-likeness (QED) is 0.153. The summed E-state index contributed by atoms with van der Waals surface area (Å²) in [7, 11) is -1.61. The maximum Gasteiger partial charge on any atom is 0.0448 e. The Hall–Kier alpha value is -3.81. The fourth-order valence-corrected chi connectivity index (χ4v) is 7.79. The van der Waals surface area contributed by atoms with E-state index in [4.69, 9.17) is 0 Å². The van der Waals surface area contributed by atoms with Gasteiger partial charge in [0, 0.05) is 16.1 Å². The van der Waals surface area contributed by atoms with E-state index in [9.17, 15) is 0 Å². The smallest absolute Gasteiger partial charge is 0.0448 e. The van der Waals surface area contributed by atoms with Gasteiger partial charge in [0.25, 0.3) is 0 Å². The van der Waals surface area contributed by atoms with E-state index in [1.807, 2.05) is 0 Å². The van der Waals surface area contributed by atoms with Crippen molar-refractivity contribution < 1.29 is 0 Å². The van der Waals surface area contributed by atoms with E-state index in [0.29, 0.717) is 0 Å². The molecular formula is C37H36S. The number of rotatable bonds is 7. The van der Waals surface area contributed by atoms with E-state index in [1.54, 1.807) is 0 Å². The van der Waals surface area contributed by atoms with Gasteiger partial charge in [0.1, 0.15) is 0 Å². The van der Waals surface area contributed by atoms with E-state index in [2.05, 4.69) is 148 Å². The third-order valence-electron chi connectivity index (χ3n) is 7.91. The molecule has 190 valence electrons. The SMILES string of the molecule is C=c1cc(S(=C)(=C)Cc2ccc(C(CC)(c3ccccc3)c3ccc(C)cc3)cc2)c2ccccc2c1=C. The molecule has 0 aromatic heterocycles. The van der Waals surface area contributed by atoms with Crippen LogP contribution in [0.1, 0.15) is 41.2 Å². The molecule has 5 rings (SSSR count). The second-order valence-electron chi connectivity index (χ2n) is 10.4. The van der Waals surface area contributed by atoms with Crippen LogP contribution in [0.5, 0.6) is 0 Å². The molecule has 5 aromatic carbocycles. The number of aryl methyl sites for hydroxylation is 1. The van der Waals surface area contributed by atoms with Gasteiger partial charge in [0.15, 0.2) is 0 Å². The second kappa shape index (κ2) is 10.2. The fourth-order valence-electron chi connectivity index (χ4n) is 5.77. The maximum absolute atomic E-state index is 4.67. The van der Waals surface area contributed by atoms with Gasteiger partial charge in [-0.15, -0.1) is 0 Å². The van der Waals surface area contributed by atoms with Gasteiger partial charge >= 0.3 is 0 Å². The number of hydrogen-bond acceptors (Lipinski definition) is 0. The zero-order chi connectivity index (χ0) is 26.9. The minimum absolute atomic E-state index is 0.213. The first-order valence-electron chi connectivity index (χ1n) is 13.1. The normalized spacial score (nSPS) is 13.3. The van der Waals surface area contributed by atoms with Crippen molar-refractivity contribution in [2.75, 3.05) is 0 Å². The first-order valence-corrected chi connectivity index (χ1v) is 15.3. The summed E-state index contributed by atoms with van der Waals surface area (Å²) in [6.45, 7) is 12.9. The Bertz CT molecular complexity index is 1790. The van der Waals surface area contributed by atoms with Crippen molar-refractivity contribution in [2.24, 2.45) is 0 Å². The lowest BCUT2D eigenvalue weighted by Crippen LogP contribution is -2.28. The highest BCUT2D eigenvalue weighted by atomic mass is 32.2. The summed E-state index contributed by atoms with van der Waals surface area (Å²) in [5.74, 6) is 10.2. The molecule has 38 heavy (non-hydrogen) atoms. The van der Waals surface area contributed by atoms with E-state index < -0.39 is 9.21 Å². The highest BCUT2D eigenvalue weighted by Gasteiger charge is 2.34. The predicted molar refractivity (Wildman–Crippen MR) is 172 cm³/mol. The Morgan fingerprint density at radius 1 is 0.658 bits per heavy atom. The van der Waals surface area contributed by atoms with Gasteiger partial charge in [-0.05, 0) is 62.9 Å². The molecule has 1 heteroatoms. The lowest BCUT2D eigenvalue weighted by atomic mass is 9.67. The average Bonchev–Trinajstić information content (AvgIpc) is 2.93. The number of hydrogen-bond donors (Lipinski definition) is 0. The maximum atomic E-state index is 4.67. The summed E-state index contributed by atoms with van der Waals surface area (Å²) in [5.41, 5.74) is 6.26. The van der Waals surface area contributed by atoms with Gasteiger partial charge < -0.3 is 0 Å². The van der Waals surface area contributed by atoms with Crippen LogP contribution in [0.4, 0.5) is 0 Å². The molecular weight excluding hydrogens is 476 g/mol. The minimum Gasteiger partial charge on any atom is -0.183 e. The molecule has 5 aromatic rings.